The van der Waals surface area contributed by atoms with E-state index >= 15 is 4.39 Å². The topological polar surface area (TPSA) is 161 Å². The molecule has 4 aromatic heterocycles. The fraction of sp³-hybridized carbons (Fsp3) is 0.365. The number of nitrogens with zero attached hydrogens (tertiary/aromatic N) is 8. The van der Waals surface area contributed by atoms with Crippen LogP contribution in [-0.2, 0) is 22.6 Å². The maximum atomic E-state index is 15.0. The molecule has 10 rings (SSSR count). The highest BCUT2D eigenvalue weighted by atomic mass is 19.2. The lowest BCUT2D eigenvalue weighted by molar-refractivity contribution is -0.134. The summed E-state index contributed by atoms with van der Waals surface area (Å²) >= 11 is 0. The van der Waals surface area contributed by atoms with Crippen molar-refractivity contribution in [3.63, 3.8) is 0 Å². The van der Waals surface area contributed by atoms with Crippen LogP contribution < -0.4 is 25.0 Å². The van der Waals surface area contributed by atoms with E-state index in [1.165, 1.54) is 12.7 Å². The molecule has 1 aliphatic carbocycles. The molecule has 1 saturated carbocycles. The lowest BCUT2D eigenvalue weighted by atomic mass is 9.86. The summed E-state index contributed by atoms with van der Waals surface area (Å²) in [5.74, 6) is -5.38. The van der Waals surface area contributed by atoms with Gasteiger partial charge in [0.25, 0.3) is 5.91 Å². The van der Waals surface area contributed by atoms with E-state index in [4.69, 9.17) is 24.5 Å². The lowest BCUT2D eigenvalue weighted by Crippen LogP contribution is -2.47. The highest BCUT2D eigenvalue weighted by Gasteiger charge is 2.31. The van der Waals surface area contributed by atoms with Crippen LogP contribution in [0.4, 0.5) is 19.1 Å². The number of imidazole rings is 1. The number of carbonyl (C=O) groups excluding carboxylic acids is 3. The molecule has 0 spiro atoms. The average Bonchev–Trinajstić information content (AvgIpc) is 4.01. The van der Waals surface area contributed by atoms with Gasteiger partial charge in [0.05, 0.1) is 35.8 Å². The van der Waals surface area contributed by atoms with E-state index in [9.17, 15) is 23.2 Å². The molecule has 1 unspecified atom stereocenters. The molecule has 70 heavy (non-hydrogen) atoms. The normalized spacial score (nSPS) is 18.9. The average molecular weight is 955 g/mol. The van der Waals surface area contributed by atoms with Gasteiger partial charge in [-0.15, -0.1) is 0 Å². The third kappa shape index (κ3) is 10.0. The molecule has 0 bridgehead atoms. The number of hydrogen-bond donors (Lipinski definition) is 2. The van der Waals surface area contributed by atoms with Crippen molar-refractivity contribution in [3.05, 3.63) is 131 Å². The Morgan fingerprint density at radius 2 is 1.63 bits per heavy atom. The number of anilines is 1. The summed E-state index contributed by atoms with van der Waals surface area (Å²) in [6, 6.07) is 17.8. The SMILES string of the molecule is COc1ccc(COc2c(F)cc(C(=O)NCC3CCC(n4cc5ccc(-c6cnc(N7CCN(CCCc8ccn9c(C%10CCC(=O)NC%10=O)cnc9c8)CC7)nc6)cc5n4)CC3)c(F)c2F)cc1. The van der Waals surface area contributed by atoms with Crippen molar-refractivity contribution in [2.24, 2.45) is 5.92 Å². The molecule has 3 aromatic carbocycles. The highest BCUT2D eigenvalue weighted by Crippen LogP contribution is 2.34. The van der Waals surface area contributed by atoms with Crippen LogP contribution >= 0.6 is 0 Å². The monoisotopic (exact) mass is 954 g/mol. The number of imide groups is 1. The summed E-state index contributed by atoms with van der Waals surface area (Å²) < 4.78 is 59.2. The van der Waals surface area contributed by atoms with Gasteiger partial charge in [0.15, 0.2) is 17.4 Å². The van der Waals surface area contributed by atoms with Gasteiger partial charge in [0.2, 0.25) is 23.6 Å². The van der Waals surface area contributed by atoms with E-state index in [0.29, 0.717) is 36.2 Å². The van der Waals surface area contributed by atoms with Crippen LogP contribution in [0, 0.1) is 23.4 Å². The van der Waals surface area contributed by atoms with E-state index in [0.717, 1.165) is 105 Å². The summed E-state index contributed by atoms with van der Waals surface area (Å²) in [4.78, 5) is 55.7. The first-order valence-corrected chi connectivity index (χ1v) is 23.9. The van der Waals surface area contributed by atoms with Gasteiger partial charge in [-0.05, 0) is 110 Å². The van der Waals surface area contributed by atoms with Gasteiger partial charge in [-0.2, -0.15) is 9.49 Å². The Kier molecular flexibility index (Phi) is 13.5. The second-order valence-electron chi connectivity index (χ2n) is 18.4. The summed E-state index contributed by atoms with van der Waals surface area (Å²) in [6.07, 6.45) is 15.5. The maximum Gasteiger partial charge on any atom is 0.254 e. The standard InChI is InChI=1S/C52H53F3N10O5/c1-69-39-12-6-34(7-13-39)31-70-49-42(53)25-41(47(54)48(49)55)50(67)57-26-33-4-10-38(11-5-33)65-30-36-9-8-35(24-43(36)61-65)37-27-58-52(59-28-37)63-21-19-62(20-22-63)17-2-3-32-16-18-64-44(29-56-45(64)23-32)40-14-15-46(66)60-51(40)68/h6-9,12-13,16,18,23-25,27-30,33,38,40H,2-5,10-11,14-15,17,19-22,26,31H2,1H3,(H,57,67)(H,60,66,68). The Hall–Kier alpha value is -7.34. The van der Waals surface area contributed by atoms with E-state index in [1.54, 1.807) is 30.5 Å². The zero-order valence-electron chi connectivity index (χ0n) is 38.8. The van der Waals surface area contributed by atoms with Gasteiger partial charge < -0.3 is 24.1 Å². The molecular weight excluding hydrogens is 902 g/mol. The number of carbonyl (C=O) groups is 3. The van der Waals surface area contributed by atoms with E-state index in [-0.39, 0.29) is 42.8 Å². The number of ether oxygens (including phenoxy) is 2. The van der Waals surface area contributed by atoms with Crippen molar-refractivity contribution < 1.29 is 37.0 Å². The molecule has 3 amide bonds. The minimum Gasteiger partial charge on any atom is -0.497 e. The van der Waals surface area contributed by atoms with Crippen LogP contribution in [0.15, 0.2) is 91.6 Å². The summed E-state index contributed by atoms with van der Waals surface area (Å²) in [5.41, 5.74) is 5.45. The minimum atomic E-state index is -1.55. The Bertz CT molecular complexity index is 3040. The first-order valence-electron chi connectivity index (χ1n) is 23.9. The largest absolute Gasteiger partial charge is 0.497 e. The number of hydrogen-bond acceptors (Lipinski definition) is 11. The van der Waals surface area contributed by atoms with Crippen molar-refractivity contribution in [1.82, 2.24) is 44.7 Å². The molecular formula is C52H53F3N10O5. The number of pyridine rings is 1. The van der Waals surface area contributed by atoms with Crippen molar-refractivity contribution in [2.75, 3.05) is 51.3 Å². The van der Waals surface area contributed by atoms with Gasteiger partial charge in [-0.1, -0.05) is 24.3 Å². The van der Waals surface area contributed by atoms with E-state index in [1.807, 2.05) is 27.7 Å². The second-order valence-corrected chi connectivity index (χ2v) is 18.4. The van der Waals surface area contributed by atoms with Crippen LogP contribution in [0.25, 0.3) is 27.7 Å². The van der Waals surface area contributed by atoms with Gasteiger partial charge in [0, 0.05) is 81.1 Å². The Balaban J connectivity index is 0.663. The Labute approximate surface area is 402 Å². The molecule has 2 N–H and O–H groups in total. The number of piperidine rings is 1. The number of benzene rings is 3. The van der Waals surface area contributed by atoms with Crippen LogP contribution in [0.3, 0.4) is 0 Å². The maximum absolute atomic E-state index is 15.0. The number of rotatable bonds is 15. The highest BCUT2D eigenvalue weighted by molar-refractivity contribution is 6.00. The van der Waals surface area contributed by atoms with Crippen LogP contribution in [0.1, 0.15) is 84.1 Å². The van der Waals surface area contributed by atoms with Gasteiger partial charge >= 0.3 is 0 Å². The molecule has 362 valence electrons. The fourth-order valence-electron chi connectivity index (χ4n) is 9.84. The van der Waals surface area contributed by atoms with Crippen molar-refractivity contribution in [2.45, 2.75) is 69.9 Å². The molecule has 6 heterocycles. The zero-order valence-corrected chi connectivity index (χ0v) is 38.8. The summed E-state index contributed by atoms with van der Waals surface area (Å²) in [5, 5.41) is 11.1. The van der Waals surface area contributed by atoms with Crippen LogP contribution in [0.2, 0.25) is 0 Å². The Morgan fingerprint density at radius 3 is 2.39 bits per heavy atom. The number of methoxy groups -OCH3 is 1. The first kappa shape index (κ1) is 46.4. The zero-order chi connectivity index (χ0) is 48.3. The van der Waals surface area contributed by atoms with Crippen molar-refractivity contribution >= 4 is 40.2 Å². The molecule has 15 nitrogen and oxygen atoms in total. The number of amides is 3. The smallest absolute Gasteiger partial charge is 0.254 e. The number of nitrogens with one attached hydrogen (secondary N) is 2. The minimum absolute atomic E-state index is 0.113. The number of halogens is 3. The molecule has 18 heteroatoms. The summed E-state index contributed by atoms with van der Waals surface area (Å²) in [7, 11) is 1.52. The predicted octanol–water partition coefficient (Wildman–Crippen LogP) is 7.58. The molecule has 2 saturated heterocycles. The molecule has 0 radical (unpaired) electrons. The van der Waals surface area contributed by atoms with Crippen LogP contribution in [0.5, 0.6) is 11.5 Å². The van der Waals surface area contributed by atoms with Crippen LogP contribution in [-0.4, -0.2) is 98.1 Å². The predicted molar refractivity (Wildman–Crippen MR) is 255 cm³/mol. The number of fused-ring (bicyclic) bond motifs is 2. The third-order valence-electron chi connectivity index (χ3n) is 13.9. The summed E-state index contributed by atoms with van der Waals surface area (Å²) in [6.45, 7) is 4.53. The molecule has 3 fully saturated rings. The lowest BCUT2D eigenvalue weighted by Gasteiger charge is -2.34. The number of piperazine rings is 1. The molecule has 7 aromatic rings. The van der Waals surface area contributed by atoms with Crippen molar-refractivity contribution in [1.29, 1.82) is 0 Å². The van der Waals surface area contributed by atoms with E-state index < -0.39 is 34.7 Å². The van der Waals surface area contributed by atoms with E-state index in [2.05, 4.69) is 61.9 Å². The molecule has 1 atom stereocenters. The fourth-order valence-corrected chi connectivity index (χ4v) is 9.84. The van der Waals surface area contributed by atoms with Gasteiger partial charge in [-0.3, -0.25) is 29.3 Å². The van der Waals surface area contributed by atoms with Gasteiger partial charge in [0.1, 0.15) is 18.0 Å². The number of aromatic nitrogens is 6. The Morgan fingerprint density at radius 1 is 0.843 bits per heavy atom. The van der Waals surface area contributed by atoms with Crippen molar-refractivity contribution in [3.8, 4) is 22.6 Å². The first-order chi connectivity index (χ1) is 34.1. The molecule has 2 aliphatic heterocycles. The molecule has 3 aliphatic rings. The van der Waals surface area contributed by atoms with Gasteiger partial charge in [-0.25, -0.2) is 23.7 Å². The second kappa shape index (κ2) is 20.3. The quantitative estimate of drug-likeness (QED) is 0.0770. The number of aryl methyl sites for hydroxylation is 1. The third-order valence-corrected chi connectivity index (χ3v) is 13.9.